The molecule has 2 heterocycles. The number of hydrogen-bond acceptors (Lipinski definition) is 1. The zero-order valence-corrected chi connectivity index (χ0v) is 35.7. The molecule has 4 nitrogen and oxygen atoms in total. The summed E-state index contributed by atoms with van der Waals surface area (Å²) in [6.45, 7) is 8.55. The van der Waals surface area contributed by atoms with Gasteiger partial charge in [-0.1, -0.05) is 182 Å². The average Bonchev–Trinajstić information content (AvgIpc) is 3.90. The van der Waals surface area contributed by atoms with E-state index in [1.54, 1.807) is 0 Å². The number of nitriles is 1. The van der Waals surface area contributed by atoms with E-state index in [-0.39, 0.29) is 0 Å². The van der Waals surface area contributed by atoms with Crippen LogP contribution in [0.15, 0.2) is 231 Å². The van der Waals surface area contributed by atoms with Crippen LogP contribution in [0, 0.1) is 17.9 Å². The minimum atomic E-state index is 0.474. The lowest BCUT2D eigenvalue weighted by molar-refractivity contribution is 1.17. The topological polar surface area (TPSA) is 38.0 Å². The molecule has 66 heavy (non-hydrogen) atoms. The van der Waals surface area contributed by atoms with E-state index < -0.39 is 0 Å². The number of fused-ring (bicyclic) bond motifs is 6. The third-order valence-corrected chi connectivity index (χ3v) is 13.0. The molecule has 0 spiro atoms. The van der Waals surface area contributed by atoms with Crippen molar-refractivity contribution in [3.8, 4) is 73.1 Å². The third-order valence-electron chi connectivity index (χ3n) is 13.0. The Morgan fingerprint density at radius 2 is 0.667 bits per heavy atom. The molecule has 0 atom stereocenters. The van der Waals surface area contributed by atoms with Gasteiger partial charge < -0.3 is 9.13 Å². The van der Waals surface area contributed by atoms with Crippen molar-refractivity contribution in [2.24, 2.45) is 0 Å². The molecule has 0 amide bonds. The predicted molar refractivity (Wildman–Crippen MR) is 273 cm³/mol. The molecule has 0 saturated heterocycles. The second-order valence-electron chi connectivity index (χ2n) is 16.7. The summed E-state index contributed by atoms with van der Waals surface area (Å²) in [7, 11) is 0. The zero-order valence-electron chi connectivity index (χ0n) is 35.7. The SMILES string of the molecule is [C-]#[N+]c1cc(-n2c3cc(-c4ccccc4)ccc3c3ccc(-c4ccccc4)cc32)ccc1-c1ccc(-n2c3cc(-c4ccccc4)ccc3c3ccc(-c4ccccc4)cc32)cc1C#N. The molecule has 0 unspecified atom stereocenters. The summed E-state index contributed by atoms with van der Waals surface area (Å²) in [4.78, 5) is 4.14. The molecule has 4 heteroatoms. The van der Waals surface area contributed by atoms with Crippen LogP contribution in [-0.4, -0.2) is 9.13 Å². The Morgan fingerprint density at radius 3 is 1.00 bits per heavy atom. The molecule has 0 aliphatic heterocycles. The molecule has 0 aliphatic rings. The summed E-state index contributed by atoms with van der Waals surface area (Å²) in [5, 5.41) is 15.5. The normalized spacial score (nSPS) is 11.3. The minimum absolute atomic E-state index is 0.474. The fraction of sp³-hybridized carbons (Fsp3) is 0. The average molecular weight is 839 g/mol. The maximum atomic E-state index is 10.9. The molecule has 2 aromatic heterocycles. The monoisotopic (exact) mass is 838 g/mol. The Hall–Kier alpha value is -9.22. The van der Waals surface area contributed by atoms with E-state index in [1.165, 1.54) is 0 Å². The van der Waals surface area contributed by atoms with Crippen molar-refractivity contribution < 1.29 is 0 Å². The Bertz CT molecular complexity index is 3470. The zero-order chi connectivity index (χ0) is 44.1. The van der Waals surface area contributed by atoms with E-state index in [4.69, 9.17) is 6.57 Å². The second-order valence-corrected chi connectivity index (χ2v) is 16.7. The summed E-state index contributed by atoms with van der Waals surface area (Å²) in [6.07, 6.45) is 0. The first-order valence-corrected chi connectivity index (χ1v) is 22.1. The minimum Gasteiger partial charge on any atom is -0.310 e. The summed E-state index contributed by atoms with van der Waals surface area (Å²) >= 11 is 0. The molecule has 306 valence electrons. The standard InChI is InChI=1S/C62H38N4/c1-64-58-39-51(66-61-37-47(43-18-10-4-11-19-43)24-30-56(61)57-31-25-48(38-62(57)66)44-20-12-5-13-21-44)27-33-53(58)52-32-26-50(34-49(52)40-63)65-59-35-45(41-14-6-2-7-15-41)22-28-54(59)55-29-23-46(36-60(55)65)42-16-8-3-9-17-42/h2-39H. The van der Waals surface area contributed by atoms with Crippen LogP contribution in [-0.2, 0) is 0 Å². The second kappa shape index (κ2) is 15.8. The van der Waals surface area contributed by atoms with Crippen LogP contribution in [0.2, 0.25) is 0 Å². The number of hydrogen-bond donors (Lipinski definition) is 0. The van der Waals surface area contributed by atoms with Crippen molar-refractivity contribution in [2.45, 2.75) is 0 Å². The van der Waals surface area contributed by atoms with Crippen molar-refractivity contribution in [2.75, 3.05) is 0 Å². The molecular formula is C62H38N4. The lowest BCUT2D eigenvalue weighted by Crippen LogP contribution is -1.97. The molecule has 12 aromatic rings. The van der Waals surface area contributed by atoms with Crippen LogP contribution in [0.25, 0.3) is 115 Å². The Labute approximate surface area is 382 Å². The van der Waals surface area contributed by atoms with Gasteiger partial charge in [0.25, 0.3) is 0 Å². The van der Waals surface area contributed by atoms with Crippen molar-refractivity contribution in [1.82, 2.24) is 9.13 Å². The van der Waals surface area contributed by atoms with Gasteiger partial charge in [-0.15, -0.1) is 0 Å². The first-order valence-electron chi connectivity index (χ1n) is 22.1. The van der Waals surface area contributed by atoms with Crippen LogP contribution in [0.3, 0.4) is 0 Å². The van der Waals surface area contributed by atoms with Crippen LogP contribution < -0.4 is 0 Å². The van der Waals surface area contributed by atoms with E-state index in [0.717, 1.165) is 105 Å². The number of benzene rings is 10. The Balaban J connectivity index is 1.02. The van der Waals surface area contributed by atoms with Gasteiger partial charge in [0.1, 0.15) is 0 Å². The number of aromatic nitrogens is 2. The van der Waals surface area contributed by atoms with Gasteiger partial charge in [0.2, 0.25) is 0 Å². The van der Waals surface area contributed by atoms with E-state index in [1.807, 2.05) is 48.5 Å². The fourth-order valence-corrected chi connectivity index (χ4v) is 9.81. The van der Waals surface area contributed by atoms with Crippen molar-refractivity contribution in [1.29, 1.82) is 5.26 Å². The highest BCUT2D eigenvalue weighted by atomic mass is 15.0. The molecule has 0 N–H and O–H groups in total. The summed E-state index contributed by atoms with van der Waals surface area (Å²) in [6, 6.07) is 83.1. The highest BCUT2D eigenvalue weighted by Crippen LogP contribution is 2.42. The summed E-state index contributed by atoms with van der Waals surface area (Å²) < 4.78 is 4.56. The summed E-state index contributed by atoms with van der Waals surface area (Å²) in [5.41, 5.74) is 17.4. The first-order chi connectivity index (χ1) is 32.6. The molecule has 0 radical (unpaired) electrons. The number of rotatable bonds is 7. The molecule has 0 fully saturated rings. The van der Waals surface area contributed by atoms with Crippen LogP contribution in [0.1, 0.15) is 5.56 Å². The van der Waals surface area contributed by atoms with Crippen molar-refractivity contribution in [3.05, 3.63) is 248 Å². The molecule has 0 saturated carbocycles. The maximum Gasteiger partial charge on any atom is 0.197 e. The lowest BCUT2D eigenvalue weighted by Gasteiger charge is -2.15. The third kappa shape index (κ3) is 6.45. The quantitative estimate of drug-likeness (QED) is 0.147. The van der Waals surface area contributed by atoms with Gasteiger partial charge in [-0.3, -0.25) is 0 Å². The van der Waals surface area contributed by atoms with E-state index in [2.05, 4.69) is 202 Å². The van der Waals surface area contributed by atoms with Gasteiger partial charge in [0.15, 0.2) is 5.69 Å². The van der Waals surface area contributed by atoms with Gasteiger partial charge in [-0.2, -0.15) is 5.26 Å². The van der Waals surface area contributed by atoms with Crippen LogP contribution >= 0.6 is 0 Å². The molecule has 0 bridgehead atoms. The highest BCUT2D eigenvalue weighted by Gasteiger charge is 2.20. The molecule has 0 aliphatic carbocycles. The van der Waals surface area contributed by atoms with Crippen molar-refractivity contribution >= 4 is 49.3 Å². The Kier molecular flexibility index (Phi) is 9.23. The first kappa shape index (κ1) is 38.5. The molecule has 10 aromatic carbocycles. The van der Waals surface area contributed by atoms with E-state index in [9.17, 15) is 5.26 Å². The van der Waals surface area contributed by atoms with Crippen LogP contribution in [0.5, 0.6) is 0 Å². The Morgan fingerprint density at radius 1 is 0.333 bits per heavy atom. The largest absolute Gasteiger partial charge is 0.310 e. The van der Waals surface area contributed by atoms with Gasteiger partial charge in [-0.25, -0.2) is 4.85 Å². The fourth-order valence-electron chi connectivity index (χ4n) is 9.81. The highest BCUT2D eigenvalue weighted by molar-refractivity contribution is 6.12. The van der Waals surface area contributed by atoms with E-state index in [0.29, 0.717) is 16.8 Å². The van der Waals surface area contributed by atoms with Gasteiger partial charge in [-0.05, 0) is 104 Å². The lowest BCUT2D eigenvalue weighted by atomic mass is 9.97. The van der Waals surface area contributed by atoms with Gasteiger partial charge >= 0.3 is 0 Å². The van der Waals surface area contributed by atoms with Crippen LogP contribution in [0.4, 0.5) is 5.69 Å². The maximum absolute atomic E-state index is 10.9. The van der Waals surface area contributed by atoms with Gasteiger partial charge in [0.05, 0.1) is 40.3 Å². The molecular weight excluding hydrogens is 801 g/mol. The van der Waals surface area contributed by atoms with Crippen molar-refractivity contribution in [3.63, 3.8) is 0 Å². The predicted octanol–water partition coefficient (Wildman–Crippen LogP) is 16.6. The summed E-state index contributed by atoms with van der Waals surface area (Å²) in [5.74, 6) is 0. The van der Waals surface area contributed by atoms with Gasteiger partial charge in [0, 0.05) is 32.9 Å². The number of nitrogens with zero attached hydrogens (tertiary/aromatic N) is 4. The van der Waals surface area contributed by atoms with E-state index >= 15 is 0 Å². The molecule has 12 rings (SSSR count). The smallest absolute Gasteiger partial charge is 0.197 e.